The molecule has 9 heteroatoms. The number of nitrogens with one attached hydrogen (secondary N) is 2. The Bertz CT molecular complexity index is 1090. The lowest BCUT2D eigenvalue weighted by molar-refractivity contribution is -0.123. The smallest absolute Gasteiger partial charge is 0.277 e. The van der Waals surface area contributed by atoms with Gasteiger partial charge in [-0.2, -0.15) is 5.10 Å². The number of amides is 2. The van der Waals surface area contributed by atoms with Crippen molar-refractivity contribution in [1.29, 1.82) is 0 Å². The highest BCUT2D eigenvalue weighted by Gasteiger charge is 2.06. The van der Waals surface area contributed by atoms with Gasteiger partial charge < -0.3 is 14.8 Å². The van der Waals surface area contributed by atoms with Crippen LogP contribution >= 0.6 is 23.2 Å². The predicted octanol–water partition coefficient (Wildman–Crippen LogP) is 4.54. The fourth-order valence-electron chi connectivity index (χ4n) is 2.46. The molecule has 3 aromatic carbocycles. The van der Waals surface area contributed by atoms with Crippen molar-refractivity contribution >= 4 is 46.9 Å². The Morgan fingerprint density at radius 3 is 2.31 bits per heavy atom. The third-order valence-electron chi connectivity index (χ3n) is 3.96. The average molecular weight is 472 g/mol. The fourth-order valence-corrected chi connectivity index (χ4v) is 2.93. The van der Waals surface area contributed by atoms with E-state index in [-0.39, 0.29) is 19.1 Å². The lowest BCUT2D eigenvalue weighted by Crippen LogP contribution is -2.24. The molecule has 2 amide bonds. The van der Waals surface area contributed by atoms with E-state index < -0.39 is 5.91 Å². The van der Waals surface area contributed by atoms with Crippen LogP contribution < -0.4 is 20.2 Å². The first-order chi connectivity index (χ1) is 15.5. The molecule has 0 radical (unpaired) electrons. The zero-order valence-electron chi connectivity index (χ0n) is 16.8. The van der Waals surface area contributed by atoms with E-state index in [9.17, 15) is 9.59 Å². The van der Waals surface area contributed by atoms with Crippen molar-refractivity contribution < 1.29 is 19.1 Å². The van der Waals surface area contributed by atoms with Gasteiger partial charge in [-0.05, 0) is 60.2 Å². The molecule has 3 rings (SSSR count). The zero-order chi connectivity index (χ0) is 22.8. The van der Waals surface area contributed by atoms with Gasteiger partial charge in [0.2, 0.25) is 0 Å². The first-order valence-electron chi connectivity index (χ1n) is 9.47. The van der Waals surface area contributed by atoms with E-state index in [4.69, 9.17) is 32.7 Å². The lowest BCUT2D eigenvalue weighted by atomic mass is 10.2. The summed E-state index contributed by atoms with van der Waals surface area (Å²) in [6.45, 7) is -0.369. The van der Waals surface area contributed by atoms with Crippen LogP contribution in [0.4, 0.5) is 5.69 Å². The topological polar surface area (TPSA) is 89.0 Å². The summed E-state index contributed by atoms with van der Waals surface area (Å²) in [7, 11) is 0. The maximum Gasteiger partial charge on any atom is 0.277 e. The SMILES string of the molecule is O=C(COc1ccc(Cl)cc1Cl)N/N=C\c1ccc(OCC(=O)Nc2ccccc2)cc1. The molecule has 7 nitrogen and oxygen atoms in total. The highest BCUT2D eigenvalue weighted by molar-refractivity contribution is 6.35. The van der Waals surface area contributed by atoms with Crippen LogP contribution in [0.25, 0.3) is 0 Å². The maximum atomic E-state index is 11.9. The van der Waals surface area contributed by atoms with Gasteiger partial charge >= 0.3 is 0 Å². The number of carbonyl (C=O) groups is 2. The first kappa shape index (κ1) is 23.1. The van der Waals surface area contributed by atoms with Crippen LogP contribution in [0.5, 0.6) is 11.5 Å². The van der Waals surface area contributed by atoms with Crippen molar-refractivity contribution in [2.24, 2.45) is 5.10 Å². The van der Waals surface area contributed by atoms with Crippen LogP contribution in [0.1, 0.15) is 5.56 Å². The van der Waals surface area contributed by atoms with Gasteiger partial charge in [-0.15, -0.1) is 0 Å². The summed E-state index contributed by atoms with van der Waals surface area (Å²) in [4.78, 5) is 23.8. The van der Waals surface area contributed by atoms with Crippen LogP contribution in [0.15, 0.2) is 77.9 Å². The molecular weight excluding hydrogens is 453 g/mol. The minimum atomic E-state index is -0.448. The number of carbonyl (C=O) groups excluding carboxylic acids is 2. The molecule has 0 aromatic heterocycles. The van der Waals surface area contributed by atoms with Crippen molar-refractivity contribution in [2.75, 3.05) is 18.5 Å². The quantitative estimate of drug-likeness (QED) is 0.354. The number of nitrogens with zero attached hydrogens (tertiary/aromatic N) is 1. The molecule has 32 heavy (non-hydrogen) atoms. The van der Waals surface area contributed by atoms with Gasteiger partial charge in [0, 0.05) is 10.7 Å². The Morgan fingerprint density at radius 1 is 0.875 bits per heavy atom. The highest BCUT2D eigenvalue weighted by atomic mass is 35.5. The Labute approximate surface area is 194 Å². The summed E-state index contributed by atoms with van der Waals surface area (Å²) < 4.78 is 10.8. The van der Waals surface area contributed by atoms with Gasteiger partial charge in [-0.3, -0.25) is 9.59 Å². The van der Waals surface area contributed by atoms with Gasteiger partial charge in [0.25, 0.3) is 11.8 Å². The molecule has 0 heterocycles. The Hall–Kier alpha value is -3.55. The molecule has 2 N–H and O–H groups in total. The summed E-state index contributed by atoms with van der Waals surface area (Å²) in [5.41, 5.74) is 3.80. The van der Waals surface area contributed by atoms with Gasteiger partial charge in [0.15, 0.2) is 13.2 Å². The number of hydrogen-bond donors (Lipinski definition) is 2. The number of rotatable bonds is 9. The molecule has 0 unspecified atom stereocenters. The van der Waals surface area contributed by atoms with Gasteiger partial charge in [0.05, 0.1) is 11.2 Å². The monoisotopic (exact) mass is 471 g/mol. The van der Waals surface area contributed by atoms with E-state index in [0.717, 1.165) is 5.56 Å². The fraction of sp³-hybridized carbons (Fsp3) is 0.0870. The highest BCUT2D eigenvalue weighted by Crippen LogP contribution is 2.27. The number of halogens is 2. The maximum absolute atomic E-state index is 11.9. The molecule has 0 bridgehead atoms. The van der Waals surface area contributed by atoms with Crippen molar-refractivity contribution in [3.8, 4) is 11.5 Å². The molecule has 0 aliphatic heterocycles. The first-order valence-corrected chi connectivity index (χ1v) is 10.2. The summed E-state index contributed by atoms with van der Waals surface area (Å²) in [6, 6.07) is 20.7. The van der Waals surface area contributed by atoms with E-state index in [1.165, 1.54) is 12.3 Å². The normalized spacial score (nSPS) is 10.6. The lowest BCUT2D eigenvalue weighted by Gasteiger charge is -2.08. The van der Waals surface area contributed by atoms with Crippen LogP contribution in [-0.4, -0.2) is 31.2 Å². The molecule has 3 aromatic rings. The largest absolute Gasteiger partial charge is 0.484 e. The molecule has 0 aliphatic carbocycles. The second kappa shape index (κ2) is 11.7. The second-order valence-corrected chi connectivity index (χ2v) is 7.27. The van der Waals surface area contributed by atoms with Crippen LogP contribution in [0.2, 0.25) is 10.0 Å². The van der Waals surface area contributed by atoms with E-state index in [2.05, 4.69) is 15.8 Å². The van der Waals surface area contributed by atoms with Crippen molar-refractivity contribution in [3.05, 3.63) is 88.4 Å². The number of para-hydroxylation sites is 1. The molecule has 0 fully saturated rings. The number of hydrogen-bond acceptors (Lipinski definition) is 5. The van der Waals surface area contributed by atoms with Crippen LogP contribution in [-0.2, 0) is 9.59 Å². The van der Waals surface area contributed by atoms with Crippen LogP contribution in [0.3, 0.4) is 0 Å². The van der Waals surface area contributed by atoms with Gasteiger partial charge in [-0.1, -0.05) is 41.4 Å². The molecule has 0 aliphatic rings. The number of benzene rings is 3. The molecule has 0 atom stereocenters. The molecule has 0 spiro atoms. The number of anilines is 1. The van der Waals surface area contributed by atoms with E-state index in [1.54, 1.807) is 48.5 Å². The Morgan fingerprint density at radius 2 is 1.59 bits per heavy atom. The van der Waals surface area contributed by atoms with Gasteiger partial charge in [0.1, 0.15) is 11.5 Å². The minimum Gasteiger partial charge on any atom is -0.484 e. The predicted molar refractivity (Wildman–Crippen MR) is 125 cm³/mol. The van der Waals surface area contributed by atoms with Crippen molar-refractivity contribution in [1.82, 2.24) is 5.43 Å². The van der Waals surface area contributed by atoms with E-state index in [1.807, 2.05) is 18.2 Å². The zero-order valence-corrected chi connectivity index (χ0v) is 18.3. The average Bonchev–Trinajstić information content (AvgIpc) is 2.79. The number of ether oxygens (including phenoxy) is 2. The summed E-state index contributed by atoms with van der Waals surface area (Å²) in [6.07, 6.45) is 1.47. The standard InChI is InChI=1S/C23H19Cl2N3O4/c24-17-8-11-21(20(25)12-17)32-15-23(30)28-26-13-16-6-9-19(10-7-16)31-14-22(29)27-18-4-2-1-3-5-18/h1-13H,14-15H2,(H,27,29)(H,28,30)/b26-13-. The molecular formula is C23H19Cl2N3O4. The molecule has 164 valence electrons. The van der Waals surface area contributed by atoms with E-state index >= 15 is 0 Å². The van der Waals surface area contributed by atoms with Crippen LogP contribution in [0, 0.1) is 0 Å². The molecule has 0 saturated heterocycles. The Balaban J connectivity index is 1.39. The number of hydrazone groups is 1. The minimum absolute atomic E-state index is 0.115. The Kier molecular flexibility index (Phi) is 8.48. The third kappa shape index (κ3) is 7.61. The summed E-state index contributed by atoms with van der Waals surface area (Å²) in [5.74, 6) is 0.175. The third-order valence-corrected chi connectivity index (χ3v) is 4.49. The summed E-state index contributed by atoms with van der Waals surface area (Å²) in [5, 5.41) is 7.41. The summed E-state index contributed by atoms with van der Waals surface area (Å²) >= 11 is 11.8. The second-order valence-electron chi connectivity index (χ2n) is 6.43. The van der Waals surface area contributed by atoms with Gasteiger partial charge in [-0.25, -0.2) is 5.43 Å². The van der Waals surface area contributed by atoms with Crippen molar-refractivity contribution in [3.63, 3.8) is 0 Å². The van der Waals surface area contributed by atoms with E-state index in [0.29, 0.717) is 27.2 Å². The van der Waals surface area contributed by atoms with Crippen molar-refractivity contribution in [2.45, 2.75) is 0 Å². The molecule has 0 saturated carbocycles.